The first-order chi connectivity index (χ1) is 10.6. The van der Waals surface area contributed by atoms with Gasteiger partial charge < -0.3 is 17.2 Å². The van der Waals surface area contributed by atoms with Crippen LogP contribution in [0.2, 0.25) is 0 Å². The molecule has 3 nitrogen and oxygen atoms in total. The number of nitrogens with two attached hydrogens (primary N) is 3. The summed E-state index contributed by atoms with van der Waals surface area (Å²) in [6.07, 6.45) is 6.56. The van der Waals surface area contributed by atoms with Gasteiger partial charge in [-0.3, -0.25) is 0 Å². The molecule has 0 fully saturated rings. The molecule has 0 saturated carbocycles. The lowest BCUT2D eigenvalue weighted by Crippen LogP contribution is -2.36. The highest BCUT2D eigenvalue weighted by atomic mass is 14.7. The number of rotatable bonds is 3. The smallest absolute Gasteiger partial charge is 0.0641 e. The van der Waals surface area contributed by atoms with Gasteiger partial charge in [0.25, 0.3) is 0 Å². The SMILES string of the molecule is NCc1ccc(-c2ccccc2C2(N)C=CC(N)=CC2)cc1. The molecule has 112 valence electrons. The van der Waals surface area contributed by atoms with Gasteiger partial charge in [-0.2, -0.15) is 0 Å². The first-order valence-corrected chi connectivity index (χ1v) is 7.45. The molecule has 6 N–H and O–H groups in total. The van der Waals surface area contributed by atoms with E-state index in [-0.39, 0.29) is 0 Å². The third-order valence-electron chi connectivity index (χ3n) is 4.18. The van der Waals surface area contributed by atoms with Crippen LogP contribution >= 0.6 is 0 Å². The minimum Gasteiger partial charge on any atom is -0.399 e. The predicted molar refractivity (Wildman–Crippen MR) is 91.7 cm³/mol. The average molecular weight is 291 g/mol. The molecule has 1 aliphatic carbocycles. The van der Waals surface area contributed by atoms with E-state index in [2.05, 4.69) is 36.4 Å². The Balaban J connectivity index is 2.05. The summed E-state index contributed by atoms with van der Waals surface area (Å²) in [5, 5.41) is 0. The normalized spacial score (nSPS) is 20.7. The molecule has 0 heterocycles. The molecule has 3 rings (SSSR count). The van der Waals surface area contributed by atoms with Crippen molar-refractivity contribution in [1.29, 1.82) is 0 Å². The third-order valence-corrected chi connectivity index (χ3v) is 4.18. The second-order valence-corrected chi connectivity index (χ2v) is 5.73. The monoisotopic (exact) mass is 291 g/mol. The van der Waals surface area contributed by atoms with Crippen LogP contribution in [0.5, 0.6) is 0 Å². The van der Waals surface area contributed by atoms with Crippen LogP contribution < -0.4 is 17.2 Å². The predicted octanol–water partition coefficient (Wildman–Crippen LogP) is 2.77. The summed E-state index contributed by atoms with van der Waals surface area (Å²) < 4.78 is 0. The van der Waals surface area contributed by atoms with Crippen LogP contribution in [-0.4, -0.2) is 0 Å². The molecule has 2 aromatic rings. The Bertz CT molecular complexity index is 729. The maximum absolute atomic E-state index is 6.63. The second kappa shape index (κ2) is 5.79. The van der Waals surface area contributed by atoms with E-state index >= 15 is 0 Å². The summed E-state index contributed by atoms with van der Waals surface area (Å²) in [4.78, 5) is 0. The summed E-state index contributed by atoms with van der Waals surface area (Å²) in [6, 6.07) is 16.6. The van der Waals surface area contributed by atoms with E-state index < -0.39 is 5.54 Å². The highest BCUT2D eigenvalue weighted by molar-refractivity contribution is 5.70. The van der Waals surface area contributed by atoms with Crippen LogP contribution in [0.4, 0.5) is 0 Å². The van der Waals surface area contributed by atoms with Crippen LogP contribution in [-0.2, 0) is 12.1 Å². The molecule has 1 aliphatic rings. The minimum absolute atomic E-state index is 0.522. The molecule has 0 aromatic heterocycles. The molecule has 3 heteroatoms. The zero-order chi connectivity index (χ0) is 15.6. The maximum Gasteiger partial charge on any atom is 0.0641 e. The Hall–Kier alpha value is -2.36. The lowest BCUT2D eigenvalue weighted by Gasteiger charge is -2.30. The molecule has 0 aliphatic heterocycles. The Labute approximate surface area is 131 Å². The van der Waals surface area contributed by atoms with Crippen molar-refractivity contribution < 1.29 is 0 Å². The topological polar surface area (TPSA) is 78.1 Å². The molecule has 0 amide bonds. The zero-order valence-corrected chi connectivity index (χ0v) is 12.5. The fourth-order valence-corrected chi connectivity index (χ4v) is 2.83. The van der Waals surface area contributed by atoms with Crippen LogP contribution in [0, 0.1) is 0 Å². The van der Waals surface area contributed by atoms with E-state index in [1.807, 2.05) is 30.4 Å². The number of benzene rings is 2. The largest absolute Gasteiger partial charge is 0.399 e. The van der Waals surface area contributed by atoms with Gasteiger partial charge in [-0.15, -0.1) is 0 Å². The molecule has 0 radical (unpaired) electrons. The molecule has 1 unspecified atom stereocenters. The van der Waals surface area contributed by atoms with Crippen molar-refractivity contribution in [3.63, 3.8) is 0 Å². The van der Waals surface area contributed by atoms with Crippen molar-refractivity contribution in [2.45, 2.75) is 18.5 Å². The molecule has 22 heavy (non-hydrogen) atoms. The van der Waals surface area contributed by atoms with Gasteiger partial charge in [0.05, 0.1) is 5.54 Å². The van der Waals surface area contributed by atoms with E-state index in [0.717, 1.165) is 28.0 Å². The van der Waals surface area contributed by atoms with Crippen molar-refractivity contribution in [1.82, 2.24) is 0 Å². The maximum atomic E-state index is 6.63. The summed E-state index contributed by atoms with van der Waals surface area (Å²) in [6.45, 7) is 0.551. The fraction of sp³-hybridized carbons (Fsp3) is 0.158. The van der Waals surface area contributed by atoms with Gasteiger partial charge in [0, 0.05) is 12.2 Å². The summed E-state index contributed by atoms with van der Waals surface area (Å²) in [5.74, 6) is 0. The van der Waals surface area contributed by atoms with Crippen molar-refractivity contribution in [2.75, 3.05) is 0 Å². The standard InChI is InChI=1S/C19H21N3/c20-13-14-5-7-15(8-6-14)17-3-1-2-4-18(17)19(22)11-9-16(21)10-12-19/h1-11H,12-13,20-22H2. The second-order valence-electron chi connectivity index (χ2n) is 5.73. The summed E-state index contributed by atoms with van der Waals surface area (Å²) >= 11 is 0. The summed E-state index contributed by atoms with van der Waals surface area (Å²) in [7, 11) is 0. The third kappa shape index (κ3) is 2.69. The first kappa shape index (κ1) is 14.6. The van der Waals surface area contributed by atoms with E-state index in [4.69, 9.17) is 17.2 Å². The quantitative estimate of drug-likeness (QED) is 0.813. The van der Waals surface area contributed by atoms with Crippen molar-refractivity contribution in [2.24, 2.45) is 17.2 Å². The first-order valence-electron chi connectivity index (χ1n) is 7.45. The number of hydrogen-bond acceptors (Lipinski definition) is 3. The highest BCUT2D eigenvalue weighted by Crippen LogP contribution is 2.35. The minimum atomic E-state index is -0.522. The van der Waals surface area contributed by atoms with Gasteiger partial charge >= 0.3 is 0 Å². The van der Waals surface area contributed by atoms with E-state index in [1.165, 1.54) is 0 Å². The van der Waals surface area contributed by atoms with E-state index in [9.17, 15) is 0 Å². The molecule has 0 spiro atoms. The van der Waals surface area contributed by atoms with Crippen molar-refractivity contribution in [3.05, 3.63) is 83.6 Å². The Morgan fingerprint density at radius 2 is 1.73 bits per heavy atom. The van der Waals surface area contributed by atoms with Crippen molar-refractivity contribution >= 4 is 0 Å². The Morgan fingerprint density at radius 1 is 1.00 bits per heavy atom. The lowest BCUT2D eigenvalue weighted by molar-refractivity contribution is 0.563. The van der Waals surface area contributed by atoms with Gasteiger partial charge in [0.1, 0.15) is 0 Å². The molecule has 0 saturated heterocycles. The molecular formula is C19H21N3. The van der Waals surface area contributed by atoms with E-state index in [0.29, 0.717) is 13.0 Å². The molecule has 0 bridgehead atoms. The van der Waals surface area contributed by atoms with Crippen LogP contribution in [0.1, 0.15) is 17.5 Å². The Kier molecular flexibility index (Phi) is 3.84. The van der Waals surface area contributed by atoms with Gasteiger partial charge in [-0.1, -0.05) is 60.7 Å². The van der Waals surface area contributed by atoms with Crippen LogP contribution in [0.25, 0.3) is 11.1 Å². The Morgan fingerprint density at radius 3 is 2.36 bits per heavy atom. The molecule has 1 atom stereocenters. The van der Waals surface area contributed by atoms with Crippen LogP contribution in [0.3, 0.4) is 0 Å². The average Bonchev–Trinajstić information content (AvgIpc) is 2.58. The molecular weight excluding hydrogens is 270 g/mol. The zero-order valence-electron chi connectivity index (χ0n) is 12.5. The van der Waals surface area contributed by atoms with Gasteiger partial charge in [0.15, 0.2) is 0 Å². The van der Waals surface area contributed by atoms with Gasteiger partial charge in [-0.25, -0.2) is 0 Å². The van der Waals surface area contributed by atoms with Gasteiger partial charge in [-0.05, 0) is 34.8 Å². The fourth-order valence-electron chi connectivity index (χ4n) is 2.83. The van der Waals surface area contributed by atoms with E-state index in [1.54, 1.807) is 0 Å². The summed E-state index contributed by atoms with van der Waals surface area (Å²) in [5.41, 5.74) is 22.9. The number of hydrogen-bond donors (Lipinski definition) is 3. The highest BCUT2D eigenvalue weighted by Gasteiger charge is 2.27. The van der Waals surface area contributed by atoms with Crippen LogP contribution in [0.15, 0.2) is 72.5 Å². The van der Waals surface area contributed by atoms with Gasteiger partial charge in [0.2, 0.25) is 0 Å². The molecule has 2 aromatic carbocycles. The number of allylic oxidation sites excluding steroid dienone is 1. The lowest BCUT2D eigenvalue weighted by atomic mass is 9.80. The van der Waals surface area contributed by atoms with Crippen molar-refractivity contribution in [3.8, 4) is 11.1 Å².